The zero-order valence-corrected chi connectivity index (χ0v) is 28.1. The molecule has 0 saturated carbocycles. The number of carbonyl (C=O) groups excluding carboxylic acids is 2. The number of aromatic hydroxyl groups is 2. The number of aliphatic hydroxyl groups is 2. The summed E-state index contributed by atoms with van der Waals surface area (Å²) in [5.74, 6) is -0.937. The van der Waals surface area contributed by atoms with Crippen molar-refractivity contribution >= 4 is 11.9 Å². The van der Waals surface area contributed by atoms with Crippen molar-refractivity contribution in [3.05, 3.63) is 83.4 Å². The predicted molar refractivity (Wildman–Crippen MR) is 172 cm³/mol. The third-order valence-corrected chi connectivity index (χ3v) is 8.31. The molecule has 5 rings (SSSR count). The maximum absolute atomic E-state index is 12.7. The van der Waals surface area contributed by atoms with Gasteiger partial charge in [-0.25, -0.2) is 19.0 Å². The van der Waals surface area contributed by atoms with E-state index in [1.54, 1.807) is 24.3 Å². The van der Waals surface area contributed by atoms with Crippen LogP contribution in [0.25, 0.3) is 0 Å². The lowest BCUT2D eigenvalue weighted by molar-refractivity contribution is -0.311. The molecule has 1 aliphatic heterocycles. The van der Waals surface area contributed by atoms with E-state index in [4.69, 9.17) is 28.4 Å². The number of hydrogen-bond donors (Lipinski definition) is 4. The second kappa shape index (κ2) is 17.3. The first-order chi connectivity index (χ1) is 24.6. The Balaban J connectivity index is 1.29. The molecule has 0 aliphatic carbocycles. The van der Waals surface area contributed by atoms with Gasteiger partial charge in [0.05, 0.1) is 46.4 Å². The Kier molecular flexibility index (Phi) is 12.6. The molecule has 274 valence electrons. The minimum absolute atomic E-state index is 0.0887. The van der Waals surface area contributed by atoms with E-state index in [-0.39, 0.29) is 37.6 Å². The van der Waals surface area contributed by atoms with Crippen molar-refractivity contribution in [2.24, 2.45) is 0 Å². The molecular weight excluding hydrogens is 672 g/mol. The Labute approximate surface area is 292 Å². The zero-order chi connectivity index (χ0) is 36.5. The van der Waals surface area contributed by atoms with Gasteiger partial charge in [0, 0.05) is 20.0 Å². The summed E-state index contributed by atoms with van der Waals surface area (Å²) in [6, 6.07) is 11.0. The number of ether oxygens (including phenoxy) is 6. The van der Waals surface area contributed by atoms with E-state index < -0.39 is 61.3 Å². The van der Waals surface area contributed by atoms with Crippen LogP contribution in [0.2, 0.25) is 0 Å². The van der Waals surface area contributed by atoms with Crippen molar-refractivity contribution in [3.63, 3.8) is 0 Å². The van der Waals surface area contributed by atoms with Crippen LogP contribution in [0.4, 0.5) is 0 Å². The molecule has 3 heterocycles. The van der Waals surface area contributed by atoms with E-state index in [9.17, 15) is 30.0 Å². The van der Waals surface area contributed by atoms with Crippen LogP contribution in [-0.2, 0) is 64.1 Å². The van der Waals surface area contributed by atoms with Gasteiger partial charge in [0.1, 0.15) is 47.3 Å². The lowest BCUT2D eigenvalue weighted by Crippen LogP contribution is -2.60. The molecule has 4 N–H and O–H groups in total. The number of carbonyl (C=O) groups is 2. The summed E-state index contributed by atoms with van der Waals surface area (Å²) in [7, 11) is 3.86. The van der Waals surface area contributed by atoms with Crippen molar-refractivity contribution in [3.8, 4) is 11.5 Å². The number of esters is 2. The number of phenolic OH excluding ortho intramolecular Hbond substituents is 2. The van der Waals surface area contributed by atoms with Crippen LogP contribution in [-0.4, -0.2) is 121 Å². The Hall–Kier alpha value is -4.98. The molecule has 0 amide bonds. The summed E-state index contributed by atoms with van der Waals surface area (Å²) in [6.45, 7) is -0.858. The summed E-state index contributed by atoms with van der Waals surface area (Å²) in [4.78, 5) is 25.3. The quantitative estimate of drug-likeness (QED) is 0.115. The number of rotatable bonds is 16. The van der Waals surface area contributed by atoms with Crippen molar-refractivity contribution < 1.29 is 58.4 Å². The van der Waals surface area contributed by atoms with Gasteiger partial charge >= 0.3 is 11.9 Å². The summed E-state index contributed by atoms with van der Waals surface area (Å²) in [6.07, 6.45) is -2.21. The fourth-order valence-electron chi connectivity index (χ4n) is 5.61. The number of aromatic nitrogens is 6. The van der Waals surface area contributed by atoms with Gasteiger partial charge < -0.3 is 48.8 Å². The molecule has 1 fully saturated rings. The molecule has 7 atom stereocenters. The van der Waals surface area contributed by atoms with Gasteiger partial charge in [0.2, 0.25) is 0 Å². The molecule has 2 aromatic heterocycles. The molecule has 1 aliphatic rings. The highest BCUT2D eigenvalue weighted by Crippen LogP contribution is 2.28. The lowest BCUT2D eigenvalue weighted by atomic mass is 9.98. The van der Waals surface area contributed by atoms with Gasteiger partial charge in [-0.1, -0.05) is 34.7 Å². The average Bonchev–Trinajstić information content (AvgIpc) is 3.82. The molecule has 18 heteroatoms. The van der Waals surface area contributed by atoms with Crippen LogP contribution in [0, 0.1) is 0 Å². The fraction of sp³-hybridized carbons (Fsp3) is 0.455. The highest BCUT2D eigenvalue weighted by molar-refractivity contribution is 5.74. The SMILES string of the molecule is COC(=O)[C@H](Cc1ccc(O)cc1)n1cc(CO[C@@H]2[C@@H](O)[C@@H](OC)O[C@H](CO)[C@H]2OCc2cn([C@@H](Cc3ccc(O)cc3)C(=O)OC)nn2)nn1. The second-order valence-electron chi connectivity index (χ2n) is 11.7. The molecule has 51 heavy (non-hydrogen) atoms. The highest BCUT2D eigenvalue weighted by Gasteiger charge is 2.47. The number of nitrogens with zero attached hydrogens (tertiary/aromatic N) is 6. The second-order valence-corrected chi connectivity index (χ2v) is 11.7. The lowest BCUT2D eigenvalue weighted by Gasteiger charge is -2.43. The Bertz CT molecular complexity index is 1720. The topological polar surface area (TPSA) is 232 Å². The van der Waals surface area contributed by atoms with Crippen LogP contribution in [0.1, 0.15) is 34.6 Å². The number of hydrogen-bond acceptors (Lipinski definition) is 16. The molecule has 1 saturated heterocycles. The maximum Gasteiger partial charge on any atom is 0.331 e. The van der Waals surface area contributed by atoms with Gasteiger partial charge in [-0.2, -0.15) is 0 Å². The third-order valence-electron chi connectivity index (χ3n) is 8.31. The van der Waals surface area contributed by atoms with Crippen molar-refractivity contribution in [1.82, 2.24) is 30.0 Å². The molecular formula is C33H40N6O12. The molecule has 2 aromatic carbocycles. The standard InChI is InChI=1S/C33H40N6O12/c1-46-31(44)25(12-19-4-8-23(41)9-5-19)38-14-21(34-36-38)17-49-29-27(16-40)51-33(48-3)28(43)30(29)50-18-22-15-39(37-35-22)26(32(45)47-2)13-20-6-10-24(42)11-7-20/h4-11,14-15,25-30,33,40-43H,12-13,16-18H2,1-3H3/t25-,26-,27+,28+,29+,30+,33-/m0/s1. The Morgan fingerprint density at radius 1 is 0.765 bits per heavy atom. The third kappa shape index (κ3) is 9.23. The largest absolute Gasteiger partial charge is 0.508 e. The number of benzene rings is 2. The van der Waals surface area contributed by atoms with Gasteiger partial charge in [-0.05, 0) is 35.4 Å². The van der Waals surface area contributed by atoms with E-state index in [1.165, 1.54) is 67.4 Å². The van der Waals surface area contributed by atoms with Gasteiger partial charge in [0.25, 0.3) is 0 Å². The molecule has 18 nitrogen and oxygen atoms in total. The molecule has 0 bridgehead atoms. The van der Waals surface area contributed by atoms with Gasteiger partial charge in [-0.15, -0.1) is 10.2 Å². The van der Waals surface area contributed by atoms with E-state index in [0.717, 1.165) is 11.1 Å². The van der Waals surface area contributed by atoms with E-state index in [2.05, 4.69) is 20.6 Å². The van der Waals surface area contributed by atoms with E-state index in [0.29, 0.717) is 11.4 Å². The molecule has 0 unspecified atom stereocenters. The van der Waals surface area contributed by atoms with Gasteiger partial charge in [0.15, 0.2) is 18.4 Å². The monoisotopic (exact) mass is 712 g/mol. The molecule has 0 radical (unpaired) electrons. The van der Waals surface area contributed by atoms with Crippen LogP contribution in [0.15, 0.2) is 60.9 Å². The normalized spacial score (nSPS) is 21.5. The number of phenols is 2. The zero-order valence-electron chi connectivity index (χ0n) is 28.1. The summed E-state index contributed by atoms with van der Waals surface area (Å²) in [5.41, 5.74) is 2.13. The van der Waals surface area contributed by atoms with Crippen LogP contribution in [0.3, 0.4) is 0 Å². The number of methoxy groups -OCH3 is 3. The first-order valence-corrected chi connectivity index (χ1v) is 15.9. The predicted octanol–water partition coefficient (Wildman–Crippen LogP) is 0.390. The maximum atomic E-state index is 12.7. The summed E-state index contributed by atoms with van der Waals surface area (Å²) in [5, 5.41) is 57.0. The van der Waals surface area contributed by atoms with Crippen molar-refractivity contribution in [2.45, 2.75) is 68.8 Å². The Morgan fingerprint density at radius 3 is 1.63 bits per heavy atom. The minimum atomic E-state index is -1.36. The number of aliphatic hydroxyl groups excluding tert-OH is 2. The van der Waals surface area contributed by atoms with Crippen LogP contribution in [0.5, 0.6) is 11.5 Å². The van der Waals surface area contributed by atoms with E-state index in [1.807, 2.05) is 0 Å². The summed E-state index contributed by atoms with van der Waals surface area (Å²) < 4.78 is 35.9. The first-order valence-electron chi connectivity index (χ1n) is 15.9. The summed E-state index contributed by atoms with van der Waals surface area (Å²) >= 11 is 0. The fourth-order valence-corrected chi connectivity index (χ4v) is 5.61. The van der Waals surface area contributed by atoms with Crippen molar-refractivity contribution in [1.29, 1.82) is 0 Å². The van der Waals surface area contributed by atoms with Gasteiger partial charge in [-0.3, -0.25) is 0 Å². The van der Waals surface area contributed by atoms with Crippen LogP contribution < -0.4 is 0 Å². The van der Waals surface area contributed by atoms with Crippen molar-refractivity contribution in [2.75, 3.05) is 27.9 Å². The first kappa shape index (κ1) is 37.3. The molecule has 4 aromatic rings. The van der Waals surface area contributed by atoms with E-state index >= 15 is 0 Å². The van der Waals surface area contributed by atoms with Crippen LogP contribution >= 0.6 is 0 Å². The average molecular weight is 713 g/mol. The molecule has 0 spiro atoms. The Morgan fingerprint density at radius 2 is 1.22 bits per heavy atom. The highest BCUT2D eigenvalue weighted by atomic mass is 16.7. The smallest absolute Gasteiger partial charge is 0.331 e. The minimum Gasteiger partial charge on any atom is -0.508 e.